The van der Waals surface area contributed by atoms with Gasteiger partial charge in [0.2, 0.25) is 0 Å². The van der Waals surface area contributed by atoms with Gasteiger partial charge < -0.3 is 0 Å². The van der Waals surface area contributed by atoms with Gasteiger partial charge in [-0.25, -0.2) is 4.58 Å². The lowest BCUT2D eigenvalue weighted by molar-refractivity contribution is -0.525. The van der Waals surface area contributed by atoms with Crippen molar-refractivity contribution in [2.45, 2.75) is 44.9 Å². The Kier molecular flexibility index (Phi) is 3.78. The zero-order valence-electron chi connectivity index (χ0n) is 11.3. The van der Waals surface area contributed by atoms with Gasteiger partial charge in [-0.3, -0.25) is 0 Å². The van der Waals surface area contributed by atoms with E-state index in [0.29, 0.717) is 0 Å². The Balaban J connectivity index is 1.59. The summed E-state index contributed by atoms with van der Waals surface area (Å²) in [6, 6.07) is 8.83. The molecule has 0 N–H and O–H groups in total. The molecule has 0 bridgehead atoms. The van der Waals surface area contributed by atoms with Gasteiger partial charge in [0.25, 0.3) is 0 Å². The Bertz CT molecular complexity index is 427. The van der Waals surface area contributed by atoms with Crippen molar-refractivity contribution in [3.8, 4) is 0 Å². The van der Waals surface area contributed by atoms with Gasteiger partial charge in [0, 0.05) is 18.4 Å². The average molecular weight is 242 g/mol. The van der Waals surface area contributed by atoms with E-state index in [4.69, 9.17) is 0 Å². The molecule has 0 unspecified atom stereocenters. The maximum Gasteiger partial charge on any atom is 0.170 e. The van der Waals surface area contributed by atoms with E-state index in [1.165, 1.54) is 69.2 Å². The lowest BCUT2D eigenvalue weighted by atomic mass is 9.87. The maximum atomic E-state index is 2.54. The van der Waals surface area contributed by atoms with Crippen LogP contribution in [-0.2, 0) is 6.42 Å². The summed E-state index contributed by atoms with van der Waals surface area (Å²) in [4.78, 5) is 0. The minimum absolute atomic E-state index is 1.00. The number of rotatable bonds is 3. The van der Waals surface area contributed by atoms with Crippen molar-refractivity contribution in [3.05, 3.63) is 35.4 Å². The van der Waals surface area contributed by atoms with E-state index >= 15 is 0 Å². The average Bonchev–Trinajstić information content (AvgIpc) is 2.46. The van der Waals surface area contributed by atoms with Gasteiger partial charge in [-0.15, -0.1) is 0 Å². The van der Waals surface area contributed by atoms with Crippen molar-refractivity contribution in [1.82, 2.24) is 0 Å². The maximum absolute atomic E-state index is 2.54. The van der Waals surface area contributed by atoms with Crippen molar-refractivity contribution in [3.63, 3.8) is 0 Å². The van der Waals surface area contributed by atoms with Gasteiger partial charge in [-0.2, -0.15) is 0 Å². The second-order valence-corrected chi connectivity index (χ2v) is 5.91. The number of hydrogen-bond donors (Lipinski definition) is 0. The summed E-state index contributed by atoms with van der Waals surface area (Å²) in [6.07, 6.45) is 12.4. The molecule has 1 saturated carbocycles. The Morgan fingerprint density at radius 1 is 1.06 bits per heavy atom. The number of benzene rings is 1. The molecule has 0 amide bonds. The summed E-state index contributed by atoms with van der Waals surface area (Å²) < 4.78 is 2.54. The van der Waals surface area contributed by atoms with Crippen LogP contribution in [0.2, 0.25) is 0 Å². The monoisotopic (exact) mass is 242 g/mol. The predicted molar refractivity (Wildman–Crippen MR) is 76.5 cm³/mol. The van der Waals surface area contributed by atoms with Crippen LogP contribution in [0.3, 0.4) is 0 Å². The normalized spacial score (nSPS) is 20.3. The topological polar surface area (TPSA) is 3.01 Å². The number of nitrogens with zero attached hydrogens (tertiary/aromatic N) is 1. The first kappa shape index (κ1) is 12.0. The van der Waals surface area contributed by atoms with Crippen LogP contribution in [0.15, 0.2) is 24.3 Å². The van der Waals surface area contributed by atoms with Crippen molar-refractivity contribution >= 4 is 6.21 Å². The molecule has 0 spiro atoms. The minimum Gasteiger partial charge on any atom is -0.235 e. The lowest BCUT2D eigenvalue weighted by Gasteiger charge is -2.21. The van der Waals surface area contributed by atoms with Crippen LogP contribution in [-0.4, -0.2) is 23.9 Å². The molecule has 1 fully saturated rings. The summed E-state index contributed by atoms with van der Waals surface area (Å²) in [7, 11) is 0. The highest BCUT2D eigenvalue weighted by Crippen LogP contribution is 2.26. The van der Waals surface area contributed by atoms with E-state index in [1.54, 1.807) is 0 Å². The Hall–Kier alpha value is -1.11. The minimum atomic E-state index is 1.00. The fraction of sp³-hybridized carbons (Fsp3) is 0.588. The summed E-state index contributed by atoms with van der Waals surface area (Å²) in [5.41, 5.74) is 2.96. The Morgan fingerprint density at radius 3 is 2.78 bits per heavy atom. The second kappa shape index (κ2) is 5.69. The zero-order chi connectivity index (χ0) is 12.2. The van der Waals surface area contributed by atoms with Crippen LogP contribution in [0.25, 0.3) is 0 Å². The molecule has 0 radical (unpaired) electrons. The van der Waals surface area contributed by atoms with E-state index in [9.17, 15) is 0 Å². The van der Waals surface area contributed by atoms with Crippen LogP contribution in [0.5, 0.6) is 0 Å². The molecule has 1 heterocycles. The Labute approximate surface area is 111 Å². The zero-order valence-corrected chi connectivity index (χ0v) is 11.3. The molecular weight excluding hydrogens is 218 g/mol. The third kappa shape index (κ3) is 2.82. The summed E-state index contributed by atoms with van der Waals surface area (Å²) in [6.45, 7) is 2.47. The van der Waals surface area contributed by atoms with Crippen LogP contribution < -0.4 is 0 Å². The highest BCUT2D eigenvalue weighted by Gasteiger charge is 2.18. The molecule has 1 heteroatoms. The van der Waals surface area contributed by atoms with Gasteiger partial charge in [0.15, 0.2) is 6.21 Å². The molecule has 0 saturated heterocycles. The smallest absolute Gasteiger partial charge is 0.170 e. The number of hydrogen-bond acceptors (Lipinski definition) is 0. The second-order valence-electron chi connectivity index (χ2n) is 5.91. The molecule has 18 heavy (non-hydrogen) atoms. The van der Waals surface area contributed by atoms with Crippen LogP contribution in [0, 0.1) is 5.92 Å². The van der Waals surface area contributed by atoms with Crippen molar-refractivity contribution in [2.24, 2.45) is 5.92 Å². The molecule has 1 aromatic rings. The summed E-state index contributed by atoms with van der Waals surface area (Å²) in [5.74, 6) is 1.00. The predicted octanol–water partition coefficient (Wildman–Crippen LogP) is 3.64. The fourth-order valence-corrected chi connectivity index (χ4v) is 3.41. The molecule has 1 aliphatic heterocycles. The molecule has 2 aliphatic rings. The van der Waals surface area contributed by atoms with Crippen molar-refractivity contribution < 1.29 is 4.58 Å². The first-order valence-corrected chi connectivity index (χ1v) is 7.58. The standard InChI is InChI=1S/C17H24N/c1-2-6-15(7-3-1)10-12-18-13-11-16-8-4-5-9-17(16)14-18/h4-5,8-9,14-15H,1-3,6-7,10-13H2/q+1. The van der Waals surface area contributed by atoms with Crippen LogP contribution in [0.1, 0.15) is 49.7 Å². The van der Waals surface area contributed by atoms with Gasteiger partial charge in [0.1, 0.15) is 13.1 Å². The Morgan fingerprint density at radius 2 is 1.89 bits per heavy atom. The first-order valence-electron chi connectivity index (χ1n) is 7.58. The summed E-state index contributed by atoms with van der Waals surface area (Å²) >= 11 is 0. The van der Waals surface area contributed by atoms with Gasteiger partial charge in [0.05, 0.1) is 0 Å². The third-order valence-corrected chi connectivity index (χ3v) is 4.59. The van der Waals surface area contributed by atoms with Gasteiger partial charge >= 0.3 is 0 Å². The molecule has 0 atom stereocenters. The van der Waals surface area contributed by atoms with Crippen molar-refractivity contribution in [2.75, 3.05) is 13.1 Å². The quantitative estimate of drug-likeness (QED) is 0.712. The molecule has 1 aromatic carbocycles. The van der Waals surface area contributed by atoms with Crippen LogP contribution >= 0.6 is 0 Å². The van der Waals surface area contributed by atoms with E-state index in [1.807, 2.05) is 0 Å². The lowest BCUT2D eigenvalue weighted by Crippen LogP contribution is -2.25. The fourth-order valence-electron chi connectivity index (χ4n) is 3.41. The van der Waals surface area contributed by atoms with Crippen molar-refractivity contribution in [1.29, 1.82) is 0 Å². The van der Waals surface area contributed by atoms with Gasteiger partial charge in [-0.1, -0.05) is 50.3 Å². The van der Waals surface area contributed by atoms with E-state index in [-0.39, 0.29) is 0 Å². The molecular formula is C17H24N+. The summed E-state index contributed by atoms with van der Waals surface area (Å²) in [5, 5.41) is 0. The molecule has 1 nitrogen and oxygen atoms in total. The SMILES string of the molecule is C1=[N+](CCC2CCCCC2)CCc2ccccc21. The third-order valence-electron chi connectivity index (χ3n) is 4.59. The first-order chi connectivity index (χ1) is 8.92. The van der Waals surface area contributed by atoms with E-state index in [0.717, 1.165) is 5.92 Å². The van der Waals surface area contributed by atoms with E-state index < -0.39 is 0 Å². The molecule has 0 aromatic heterocycles. The molecule has 1 aliphatic carbocycles. The number of fused-ring (bicyclic) bond motifs is 1. The van der Waals surface area contributed by atoms with Crippen LogP contribution in [0.4, 0.5) is 0 Å². The molecule has 3 rings (SSSR count). The molecule has 96 valence electrons. The highest BCUT2D eigenvalue weighted by atomic mass is 15.0. The largest absolute Gasteiger partial charge is 0.235 e. The van der Waals surface area contributed by atoms with Gasteiger partial charge in [-0.05, 0) is 17.5 Å². The highest BCUT2D eigenvalue weighted by molar-refractivity contribution is 5.78. The van der Waals surface area contributed by atoms with E-state index in [2.05, 4.69) is 35.1 Å².